The summed E-state index contributed by atoms with van der Waals surface area (Å²) in [6.45, 7) is 5.09. The topological polar surface area (TPSA) is 87.7 Å². The molecule has 0 fully saturated rings. The van der Waals surface area contributed by atoms with Gasteiger partial charge in [-0.05, 0) is 38.5 Å². The van der Waals surface area contributed by atoms with Crippen LogP contribution in [0.2, 0.25) is 0 Å². The number of carbonyl (C=O) groups excluding carboxylic acids is 2. The summed E-state index contributed by atoms with van der Waals surface area (Å²) >= 11 is 0. The van der Waals surface area contributed by atoms with Crippen LogP contribution in [0, 0.1) is 0 Å². The van der Waals surface area contributed by atoms with Gasteiger partial charge >= 0.3 is 6.09 Å². The van der Waals surface area contributed by atoms with Crippen molar-refractivity contribution in [3.63, 3.8) is 0 Å². The van der Waals surface area contributed by atoms with Gasteiger partial charge in [0.05, 0.1) is 6.61 Å². The largest absolute Gasteiger partial charge is 0.443 e. The highest BCUT2D eigenvalue weighted by Crippen LogP contribution is 2.06. The van der Waals surface area contributed by atoms with Gasteiger partial charge in [-0.2, -0.15) is 0 Å². The zero-order valence-corrected chi connectivity index (χ0v) is 11.2. The molecule has 0 radical (unpaired) electrons. The number of rotatable bonds is 2. The number of nitrogens with one attached hydrogen (secondary N) is 2. The van der Waals surface area contributed by atoms with Crippen LogP contribution in [0.5, 0.6) is 0 Å². The molecule has 6 nitrogen and oxygen atoms in total. The summed E-state index contributed by atoms with van der Waals surface area (Å²) in [5.41, 5.74) is 4.84. The van der Waals surface area contributed by atoms with Gasteiger partial charge in [-0.3, -0.25) is 10.2 Å². The molecule has 0 spiro atoms. The molecule has 6 heteroatoms. The van der Waals surface area contributed by atoms with E-state index in [1.807, 2.05) is 0 Å². The Bertz CT molecular complexity index is 449. The van der Waals surface area contributed by atoms with Gasteiger partial charge in [0.15, 0.2) is 0 Å². The van der Waals surface area contributed by atoms with Crippen LogP contribution in [-0.4, -0.2) is 22.7 Å². The predicted molar refractivity (Wildman–Crippen MR) is 69.2 cm³/mol. The van der Waals surface area contributed by atoms with Crippen LogP contribution in [0.1, 0.15) is 36.7 Å². The average molecular weight is 266 g/mol. The second-order valence-electron chi connectivity index (χ2n) is 4.94. The van der Waals surface area contributed by atoms with Crippen LogP contribution in [0.3, 0.4) is 0 Å². The summed E-state index contributed by atoms with van der Waals surface area (Å²) in [5.74, 6) is -0.463. The van der Waals surface area contributed by atoms with E-state index in [-0.39, 0.29) is 6.61 Å². The highest BCUT2D eigenvalue weighted by atomic mass is 16.6. The number of benzene rings is 1. The van der Waals surface area contributed by atoms with E-state index in [9.17, 15) is 9.59 Å². The van der Waals surface area contributed by atoms with Crippen LogP contribution in [0.25, 0.3) is 0 Å². The minimum Gasteiger partial charge on any atom is -0.443 e. The number of hydrogen-bond donors (Lipinski definition) is 3. The van der Waals surface area contributed by atoms with E-state index in [2.05, 4.69) is 10.9 Å². The first kappa shape index (κ1) is 15.0. The maximum Gasteiger partial charge on any atom is 0.426 e. The smallest absolute Gasteiger partial charge is 0.426 e. The number of ether oxygens (including phenoxy) is 1. The third kappa shape index (κ3) is 5.39. The van der Waals surface area contributed by atoms with Gasteiger partial charge in [-0.25, -0.2) is 10.2 Å². The van der Waals surface area contributed by atoms with Gasteiger partial charge < -0.3 is 9.84 Å². The number of aliphatic hydroxyl groups excluding tert-OH is 1. The molecular formula is C13H18N2O4. The van der Waals surface area contributed by atoms with Crippen molar-refractivity contribution in [3.8, 4) is 0 Å². The molecule has 0 aromatic heterocycles. The molecule has 0 atom stereocenters. The van der Waals surface area contributed by atoms with E-state index in [1.54, 1.807) is 45.0 Å². The number of aliphatic hydroxyl groups is 1. The first-order valence-corrected chi connectivity index (χ1v) is 5.81. The summed E-state index contributed by atoms with van der Waals surface area (Å²) in [4.78, 5) is 23.0. The van der Waals surface area contributed by atoms with Crippen molar-refractivity contribution >= 4 is 12.0 Å². The fraction of sp³-hybridized carbons (Fsp3) is 0.385. The van der Waals surface area contributed by atoms with Crippen LogP contribution >= 0.6 is 0 Å². The Balaban J connectivity index is 2.49. The molecule has 3 N–H and O–H groups in total. The minimum atomic E-state index is -0.729. The Kier molecular flexibility index (Phi) is 4.88. The molecule has 0 unspecified atom stereocenters. The first-order valence-electron chi connectivity index (χ1n) is 5.81. The number of hydrazine groups is 1. The first-order chi connectivity index (χ1) is 8.81. The van der Waals surface area contributed by atoms with Crippen molar-refractivity contribution in [2.75, 3.05) is 0 Å². The molecule has 0 heterocycles. The van der Waals surface area contributed by atoms with Crippen molar-refractivity contribution in [3.05, 3.63) is 35.4 Å². The van der Waals surface area contributed by atoms with Crippen LogP contribution < -0.4 is 10.9 Å². The number of hydrogen-bond acceptors (Lipinski definition) is 4. The lowest BCUT2D eigenvalue weighted by molar-refractivity contribution is 0.0483. The quantitative estimate of drug-likeness (QED) is 0.705. The van der Waals surface area contributed by atoms with Gasteiger partial charge in [0, 0.05) is 5.56 Å². The summed E-state index contributed by atoms with van der Waals surface area (Å²) in [5, 5.41) is 8.88. The van der Waals surface area contributed by atoms with Gasteiger partial charge in [0.1, 0.15) is 5.60 Å². The molecule has 0 aliphatic heterocycles. The average Bonchev–Trinajstić information content (AvgIpc) is 2.34. The third-order valence-electron chi connectivity index (χ3n) is 2.08. The zero-order chi connectivity index (χ0) is 14.5. The molecule has 1 rings (SSSR count). The van der Waals surface area contributed by atoms with E-state index in [4.69, 9.17) is 9.84 Å². The summed E-state index contributed by atoms with van der Waals surface area (Å²) < 4.78 is 4.96. The van der Waals surface area contributed by atoms with Crippen molar-refractivity contribution in [2.24, 2.45) is 0 Å². The predicted octanol–water partition coefficient (Wildman–Crippen LogP) is 1.35. The number of amides is 2. The summed E-state index contributed by atoms with van der Waals surface area (Å²) in [6, 6.07) is 6.36. The van der Waals surface area contributed by atoms with Crippen LogP contribution in [0.4, 0.5) is 4.79 Å². The lowest BCUT2D eigenvalue weighted by Crippen LogP contribution is -2.44. The second-order valence-corrected chi connectivity index (χ2v) is 4.94. The fourth-order valence-electron chi connectivity index (χ4n) is 1.25. The third-order valence-corrected chi connectivity index (χ3v) is 2.08. The molecule has 0 aliphatic rings. The lowest BCUT2D eigenvalue weighted by Gasteiger charge is -2.19. The van der Waals surface area contributed by atoms with Gasteiger partial charge in [-0.1, -0.05) is 12.1 Å². The van der Waals surface area contributed by atoms with E-state index in [0.717, 1.165) is 0 Å². The molecule has 104 valence electrons. The molecule has 19 heavy (non-hydrogen) atoms. The highest BCUT2D eigenvalue weighted by Gasteiger charge is 2.16. The van der Waals surface area contributed by atoms with E-state index in [1.165, 1.54) is 0 Å². The lowest BCUT2D eigenvalue weighted by atomic mass is 10.1. The van der Waals surface area contributed by atoms with Crippen LogP contribution in [-0.2, 0) is 11.3 Å². The Morgan fingerprint density at radius 2 is 1.74 bits per heavy atom. The Morgan fingerprint density at radius 3 is 2.21 bits per heavy atom. The van der Waals surface area contributed by atoms with E-state index >= 15 is 0 Å². The normalized spacial score (nSPS) is 10.7. The Labute approximate surface area is 111 Å². The summed E-state index contributed by atoms with van der Waals surface area (Å²) in [7, 11) is 0. The molecule has 0 saturated carbocycles. The molecule has 1 aromatic carbocycles. The Hall–Kier alpha value is -2.08. The molecule has 0 bridgehead atoms. The fourth-order valence-corrected chi connectivity index (χ4v) is 1.25. The van der Waals surface area contributed by atoms with Gasteiger partial charge in [0.25, 0.3) is 5.91 Å². The summed E-state index contributed by atoms with van der Waals surface area (Å²) in [6.07, 6.45) is -0.729. The van der Waals surface area contributed by atoms with Crippen molar-refractivity contribution in [1.29, 1.82) is 0 Å². The Morgan fingerprint density at radius 1 is 1.16 bits per heavy atom. The highest BCUT2D eigenvalue weighted by molar-refractivity contribution is 5.94. The maximum absolute atomic E-state index is 11.7. The number of carbonyl (C=O) groups is 2. The van der Waals surface area contributed by atoms with Crippen molar-refractivity contribution in [1.82, 2.24) is 10.9 Å². The SMILES string of the molecule is CC(C)(C)OC(=O)NNC(=O)c1ccc(CO)cc1. The monoisotopic (exact) mass is 266 g/mol. The van der Waals surface area contributed by atoms with Gasteiger partial charge in [-0.15, -0.1) is 0 Å². The molecule has 1 aromatic rings. The zero-order valence-electron chi connectivity index (χ0n) is 11.2. The standard InChI is InChI=1S/C13H18N2O4/c1-13(2,3)19-12(18)15-14-11(17)10-6-4-9(8-16)5-7-10/h4-7,16H,8H2,1-3H3,(H,14,17)(H,15,18). The second kappa shape index (κ2) is 6.19. The molecule has 0 saturated heterocycles. The molecule has 2 amide bonds. The molecule has 0 aliphatic carbocycles. The van der Waals surface area contributed by atoms with E-state index < -0.39 is 17.6 Å². The van der Waals surface area contributed by atoms with Crippen LogP contribution in [0.15, 0.2) is 24.3 Å². The minimum absolute atomic E-state index is 0.0853. The maximum atomic E-state index is 11.7. The van der Waals surface area contributed by atoms with E-state index in [0.29, 0.717) is 11.1 Å². The van der Waals surface area contributed by atoms with Crippen molar-refractivity contribution < 1.29 is 19.4 Å². The van der Waals surface area contributed by atoms with Crippen molar-refractivity contribution in [2.45, 2.75) is 33.0 Å². The molecular weight excluding hydrogens is 248 g/mol. The van der Waals surface area contributed by atoms with Gasteiger partial charge in [0.2, 0.25) is 0 Å².